The molecule has 0 amide bonds. The second kappa shape index (κ2) is 7.52. The fourth-order valence-electron chi connectivity index (χ4n) is 3.68. The summed E-state index contributed by atoms with van der Waals surface area (Å²) in [6.45, 7) is 6.31. The van der Waals surface area contributed by atoms with E-state index in [-0.39, 0.29) is 0 Å². The van der Waals surface area contributed by atoms with Gasteiger partial charge in [-0.2, -0.15) is 11.8 Å². The van der Waals surface area contributed by atoms with Crippen LogP contribution in [0.2, 0.25) is 0 Å². The van der Waals surface area contributed by atoms with E-state index < -0.39 is 0 Å². The lowest BCUT2D eigenvalue weighted by atomic mass is 10.1. The van der Waals surface area contributed by atoms with Crippen molar-refractivity contribution in [3.05, 3.63) is 42.2 Å². The molecular formula is C19H25N5S. The molecular weight excluding hydrogens is 330 g/mol. The van der Waals surface area contributed by atoms with Gasteiger partial charge in [-0.05, 0) is 25.0 Å². The first-order chi connectivity index (χ1) is 12.3. The van der Waals surface area contributed by atoms with Crippen LogP contribution in [0, 0.1) is 0 Å². The van der Waals surface area contributed by atoms with Crippen molar-refractivity contribution in [3.8, 4) is 0 Å². The molecule has 1 saturated heterocycles. The lowest BCUT2D eigenvalue weighted by Crippen LogP contribution is -2.34. The maximum Gasteiger partial charge on any atom is 0.134 e. The van der Waals surface area contributed by atoms with Crippen molar-refractivity contribution in [2.45, 2.75) is 19.4 Å². The summed E-state index contributed by atoms with van der Waals surface area (Å²) in [5.41, 5.74) is 2.84. The average Bonchev–Trinajstić information content (AvgIpc) is 2.98. The first-order valence-corrected chi connectivity index (χ1v) is 10.2. The van der Waals surface area contributed by atoms with Gasteiger partial charge < -0.3 is 15.1 Å². The summed E-state index contributed by atoms with van der Waals surface area (Å²) in [6, 6.07) is 11.4. The molecule has 1 fully saturated rings. The maximum atomic E-state index is 4.45. The van der Waals surface area contributed by atoms with Gasteiger partial charge in [0, 0.05) is 55.5 Å². The van der Waals surface area contributed by atoms with Crippen molar-refractivity contribution < 1.29 is 0 Å². The van der Waals surface area contributed by atoms with Gasteiger partial charge in [0.2, 0.25) is 0 Å². The second-order valence-corrected chi connectivity index (χ2v) is 7.89. The van der Waals surface area contributed by atoms with Crippen molar-refractivity contribution in [1.29, 1.82) is 0 Å². The zero-order chi connectivity index (χ0) is 17.1. The van der Waals surface area contributed by atoms with E-state index in [9.17, 15) is 0 Å². The Hall–Kier alpha value is -1.95. The third-order valence-corrected chi connectivity index (χ3v) is 5.94. The minimum Gasteiger partial charge on any atom is -0.368 e. The maximum absolute atomic E-state index is 4.45. The molecule has 0 aliphatic carbocycles. The van der Waals surface area contributed by atoms with E-state index in [1.54, 1.807) is 6.33 Å². The van der Waals surface area contributed by atoms with Gasteiger partial charge in [-0.25, -0.2) is 9.97 Å². The van der Waals surface area contributed by atoms with Crippen molar-refractivity contribution in [2.24, 2.45) is 0 Å². The molecule has 1 unspecified atom stereocenters. The minimum atomic E-state index is 0.561. The molecule has 2 aromatic rings. The van der Waals surface area contributed by atoms with Gasteiger partial charge in [-0.15, -0.1) is 0 Å². The first kappa shape index (κ1) is 16.5. The summed E-state index contributed by atoms with van der Waals surface area (Å²) >= 11 is 2.01. The third-order valence-electron chi connectivity index (χ3n) is 4.99. The molecule has 1 atom stereocenters. The molecule has 0 radical (unpaired) electrons. The first-order valence-electron chi connectivity index (χ1n) is 9.04. The van der Waals surface area contributed by atoms with Crippen LogP contribution in [-0.4, -0.2) is 53.7 Å². The van der Waals surface area contributed by atoms with E-state index in [0.29, 0.717) is 6.04 Å². The summed E-state index contributed by atoms with van der Waals surface area (Å²) < 4.78 is 0. The predicted molar refractivity (Wildman–Crippen MR) is 107 cm³/mol. The van der Waals surface area contributed by atoms with Crippen molar-refractivity contribution in [2.75, 3.05) is 52.8 Å². The Morgan fingerprint density at radius 1 is 1.20 bits per heavy atom. The molecule has 6 heteroatoms. The van der Waals surface area contributed by atoms with Crippen LogP contribution in [0.15, 0.2) is 36.7 Å². The van der Waals surface area contributed by atoms with E-state index in [0.717, 1.165) is 44.2 Å². The van der Waals surface area contributed by atoms with Crippen LogP contribution in [0.1, 0.15) is 12.5 Å². The van der Waals surface area contributed by atoms with Crippen molar-refractivity contribution in [1.82, 2.24) is 9.97 Å². The van der Waals surface area contributed by atoms with Gasteiger partial charge in [-0.3, -0.25) is 0 Å². The Morgan fingerprint density at radius 2 is 2.04 bits per heavy atom. The number of anilines is 3. The van der Waals surface area contributed by atoms with Gasteiger partial charge in [-0.1, -0.05) is 18.2 Å². The Morgan fingerprint density at radius 3 is 2.92 bits per heavy atom. The van der Waals surface area contributed by atoms with Crippen LogP contribution in [-0.2, 0) is 6.42 Å². The summed E-state index contributed by atoms with van der Waals surface area (Å²) in [7, 11) is 0. The number of fused-ring (bicyclic) bond motifs is 1. The fourth-order valence-corrected chi connectivity index (χ4v) is 4.59. The standard InChI is InChI=1S/C19H25N5S/c1-15-12-16-4-2-3-5-17(16)24(15)7-6-20-18-13-19(22-14-21-18)23-8-10-25-11-9-23/h2-5,13-15H,6-12H2,1H3,(H,20,21,22). The van der Waals surface area contributed by atoms with Crippen LogP contribution in [0.25, 0.3) is 0 Å². The number of benzene rings is 1. The van der Waals surface area contributed by atoms with Gasteiger partial charge in [0.1, 0.15) is 18.0 Å². The van der Waals surface area contributed by atoms with Gasteiger partial charge in [0.15, 0.2) is 0 Å². The van der Waals surface area contributed by atoms with E-state index >= 15 is 0 Å². The van der Waals surface area contributed by atoms with Gasteiger partial charge in [0.25, 0.3) is 0 Å². The van der Waals surface area contributed by atoms with Crippen LogP contribution < -0.4 is 15.1 Å². The van der Waals surface area contributed by atoms with E-state index in [4.69, 9.17) is 0 Å². The second-order valence-electron chi connectivity index (χ2n) is 6.66. The third kappa shape index (κ3) is 3.68. The smallest absolute Gasteiger partial charge is 0.134 e. The zero-order valence-corrected chi connectivity index (χ0v) is 15.5. The molecule has 0 saturated carbocycles. The number of thioether (sulfide) groups is 1. The SMILES string of the molecule is CC1Cc2ccccc2N1CCNc1cc(N2CCSCC2)ncn1. The number of aromatic nitrogens is 2. The zero-order valence-electron chi connectivity index (χ0n) is 14.7. The molecule has 2 aliphatic heterocycles. The molecule has 1 N–H and O–H groups in total. The van der Waals surface area contributed by atoms with E-state index in [1.165, 1.54) is 22.8 Å². The predicted octanol–water partition coefficient (Wildman–Crippen LogP) is 2.89. The number of nitrogens with one attached hydrogen (secondary N) is 1. The Bertz CT molecular complexity index is 716. The summed E-state index contributed by atoms with van der Waals surface area (Å²) in [6.07, 6.45) is 2.81. The highest BCUT2D eigenvalue weighted by Crippen LogP contribution is 2.31. The Balaban J connectivity index is 1.36. The molecule has 1 aromatic carbocycles. The molecule has 5 nitrogen and oxygen atoms in total. The quantitative estimate of drug-likeness (QED) is 0.890. The summed E-state index contributed by atoms with van der Waals surface area (Å²) in [4.78, 5) is 13.7. The molecule has 3 heterocycles. The minimum absolute atomic E-state index is 0.561. The van der Waals surface area contributed by atoms with Crippen LogP contribution in [0.5, 0.6) is 0 Å². The number of nitrogens with zero attached hydrogens (tertiary/aromatic N) is 4. The van der Waals surface area contributed by atoms with Gasteiger partial charge >= 0.3 is 0 Å². The van der Waals surface area contributed by atoms with Crippen LogP contribution in [0.3, 0.4) is 0 Å². The van der Waals surface area contributed by atoms with Crippen LogP contribution in [0.4, 0.5) is 17.3 Å². The topological polar surface area (TPSA) is 44.3 Å². The normalized spacial score (nSPS) is 19.8. The number of hydrogen-bond donors (Lipinski definition) is 1. The molecule has 132 valence electrons. The molecule has 1 aromatic heterocycles. The number of para-hydroxylation sites is 1. The highest BCUT2D eigenvalue weighted by atomic mass is 32.2. The Labute approximate surface area is 153 Å². The number of rotatable bonds is 5. The lowest BCUT2D eigenvalue weighted by molar-refractivity contribution is 0.680. The largest absolute Gasteiger partial charge is 0.368 e. The molecule has 2 aliphatic rings. The van der Waals surface area contributed by atoms with Crippen LogP contribution >= 0.6 is 11.8 Å². The summed E-state index contributed by atoms with van der Waals surface area (Å²) in [5.74, 6) is 4.32. The molecule has 4 rings (SSSR count). The monoisotopic (exact) mass is 355 g/mol. The molecule has 0 bridgehead atoms. The van der Waals surface area contributed by atoms with E-state index in [2.05, 4.69) is 62.3 Å². The molecule has 25 heavy (non-hydrogen) atoms. The Kier molecular flexibility index (Phi) is 4.97. The fraction of sp³-hybridized carbons (Fsp3) is 0.474. The highest BCUT2D eigenvalue weighted by molar-refractivity contribution is 7.99. The van der Waals surface area contributed by atoms with E-state index in [1.807, 2.05) is 11.8 Å². The average molecular weight is 356 g/mol. The summed E-state index contributed by atoms with van der Waals surface area (Å²) in [5, 5.41) is 3.48. The highest BCUT2D eigenvalue weighted by Gasteiger charge is 2.24. The molecule has 0 spiro atoms. The van der Waals surface area contributed by atoms with Crippen molar-refractivity contribution >= 4 is 29.1 Å². The lowest BCUT2D eigenvalue weighted by Gasteiger charge is -2.27. The van der Waals surface area contributed by atoms with Gasteiger partial charge in [0.05, 0.1) is 0 Å². The number of hydrogen-bond acceptors (Lipinski definition) is 6. The van der Waals surface area contributed by atoms with Crippen molar-refractivity contribution in [3.63, 3.8) is 0 Å².